The number of benzene rings is 1. The van der Waals surface area contributed by atoms with Gasteiger partial charge in [-0.05, 0) is 30.7 Å². The van der Waals surface area contributed by atoms with Crippen LogP contribution in [0.15, 0.2) is 18.2 Å². The Morgan fingerprint density at radius 2 is 1.92 bits per heavy atom. The molecule has 0 atom stereocenters. The van der Waals surface area contributed by atoms with E-state index in [1.165, 1.54) is 24.0 Å². The van der Waals surface area contributed by atoms with Gasteiger partial charge in [0.2, 0.25) is 0 Å². The highest BCUT2D eigenvalue weighted by molar-refractivity contribution is 6.30. The smallest absolute Gasteiger partial charge is 0.378 e. The monoisotopic (exact) mass is 390 g/mol. The molecule has 0 bridgehead atoms. The first-order valence-electron chi connectivity index (χ1n) is 7.82. The third-order valence-electron chi connectivity index (χ3n) is 4.25. The van der Waals surface area contributed by atoms with Crippen molar-refractivity contribution in [1.29, 1.82) is 0 Å². The summed E-state index contributed by atoms with van der Waals surface area (Å²) >= 11 is 5.73. The van der Waals surface area contributed by atoms with Gasteiger partial charge in [0.05, 0.1) is 13.2 Å². The molecule has 1 aliphatic heterocycles. The minimum absolute atomic E-state index is 0.108. The number of H-pyrrole nitrogens is 1. The number of amides is 1. The molecule has 0 saturated carbocycles. The van der Waals surface area contributed by atoms with Crippen molar-refractivity contribution in [3.8, 4) is 11.1 Å². The second-order valence-electron chi connectivity index (χ2n) is 5.90. The second kappa shape index (κ2) is 6.92. The molecule has 2 heterocycles. The van der Waals surface area contributed by atoms with Crippen molar-refractivity contribution in [2.75, 3.05) is 26.3 Å². The molecular weight excluding hydrogens is 376 g/mol. The summed E-state index contributed by atoms with van der Waals surface area (Å²) in [6.07, 6.45) is -4.70. The van der Waals surface area contributed by atoms with Gasteiger partial charge in [0.15, 0.2) is 0 Å². The molecule has 9 heteroatoms. The number of halogens is 5. The summed E-state index contributed by atoms with van der Waals surface area (Å²) in [7, 11) is 0. The molecule has 140 valence electrons. The van der Waals surface area contributed by atoms with E-state index >= 15 is 0 Å². The highest BCUT2D eigenvalue weighted by Gasteiger charge is 2.39. The Kier molecular flexibility index (Phi) is 4.98. The lowest BCUT2D eigenvalue weighted by molar-refractivity contribution is -0.141. The summed E-state index contributed by atoms with van der Waals surface area (Å²) < 4.78 is 59.6. The molecule has 0 spiro atoms. The zero-order valence-corrected chi connectivity index (χ0v) is 14.5. The predicted octanol–water partition coefficient (Wildman–Crippen LogP) is 4.27. The first-order valence-corrected chi connectivity index (χ1v) is 8.20. The van der Waals surface area contributed by atoms with Crippen molar-refractivity contribution >= 4 is 17.5 Å². The van der Waals surface area contributed by atoms with Crippen LogP contribution in [0.3, 0.4) is 0 Å². The maximum atomic E-state index is 14.4. The SMILES string of the molecule is Cc1c(C(F)(F)F)[nH]c(C(=O)N2CCOCC2)c1-c1ccc(Cl)cc1F. The van der Waals surface area contributed by atoms with E-state index in [0.717, 1.165) is 6.07 Å². The molecule has 0 aliphatic carbocycles. The molecule has 1 aromatic heterocycles. The Morgan fingerprint density at radius 3 is 2.50 bits per heavy atom. The maximum Gasteiger partial charge on any atom is 0.431 e. The molecule has 4 nitrogen and oxygen atoms in total. The Hall–Kier alpha value is -2.06. The second-order valence-corrected chi connectivity index (χ2v) is 6.34. The van der Waals surface area contributed by atoms with Crippen LogP contribution in [0.2, 0.25) is 5.02 Å². The van der Waals surface area contributed by atoms with Gasteiger partial charge >= 0.3 is 6.18 Å². The molecular formula is C17H15ClF4N2O2. The van der Waals surface area contributed by atoms with Gasteiger partial charge in [-0.3, -0.25) is 4.79 Å². The van der Waals surface area contributed by atoms with E-state index in [1.807, 2.05) is 0 Å². The fourth-order valence-corrected chi connectivity index (χ4v) is 3.15. The van der Waals surface area contributed by atoms with E-state index in [0.29, 0.717) is 13.2 Å². The van der Waals surface area contributed by atoms with Crippen LogP contribution in [0, 0.1) is 12.7 Å². The number of hydrogen-bond acceptors (Lipinski definition) is 2. The number of carbonyl (C=O) groups is 1. The van der Waals surface area contributed by atoms with Gasteiger partial charge in [0.25, 0.3) is 5.91 Å². The largest absolute Gasteiger partial charge is 0.431 e. The number of morpholine rings is 1. The van der Waals surface area contributed by atoms with Crippen LogP contribution in [0.4, 0.5) is 17.6 Å². The van der Waals surface area contributed by atoms with Crippen molar-refractivity contribution in [3.05, 3.63) is 46.0 Å². The summed E-state index contributed by atoms with van der Waals surface area (Å²) in [5.74, 6) is -1.43. The molecule has 2 aromatic rings. The number of aromatic amines is 1. The van der Waals surface area contributed by atoms with Gasteiger partial charge in [0.1, 0.15) is 17.2 Å². The van der Waals surface area contributed by atoms with Gasteiger partial charge < -0.3 is 14.6 Å². The van der Waals surface area contributed by atoms with Gasteiger partial charge in [-0.25, -0.2) is 4.39 Å². The molecule has 3 rings (SSSR count). The Balaban J connectivity index is 2.17. The lowest BCUT2D eigenvalue weighted by atomic mass is 9.99. The van der Waals surface area contributed by atoms with Gasteiger partial charge in [-0.1, -0.05) is 11.6 Å². The number of carbonyl (C=O) groups excluding carboxylic acids is 1. The lowest BCUT2D eigenvalue weighted by Gasteiger charge is -2.26. The van der Waals surface area contributed by atoms with E-state index in [1.54, 1.807) is 0 Å². The first-order chi connectivity index (χ1) is 12.2. The van der Waals surface area contributed by atoms with Crippen molar-refractivity contribution in [1.82, 2.24) is 9.88 Å². The van der Waals surface area contributed by atoms with Crippen LogP contribution in [-0.4, -0.2) is 42.1 Å². The van der Waals surface area contributed by atoms with Crippen LogP contribution < -0.4 is 0 Å². The number of ether oxygens (including phenoxy) is 1. The normalized spacial score (nSPS) is 15.4. The third kappa shape index (κ3) is 3.43. The van der Waals surface area contributed by atoms with Crippen LogP contribution in [0.25, 0.3) is 11.1 Å². The molecule has 26 heavy (non-hydrogen) atoms. The number of hydrogen-bond donors (Lipinski definition) is 1. The number of nitrogens with zero attached hydrogens (tertiary/aromatic N) is 1. The highest BCUT2D eigenvalue weighted by Crippen LogP contribution is 2.40. The number of rotatable bonds is 2. The number of alkyl halides is 3. The van der Waals surface area contributed by atoms with Crippen molar-refractivity contribution in [2.45, 2.75) is 13.1 Å². The third-order valence-corrected chi connectivity index (χ3v) is 4.48. The molecule has 1 aromatic carbocycles. The first kappa shape index (κ1) is 18.7. The fraction of sp³-hybridized carbons (Fsp3) is 0.353. The molecule has 1 N–H and O–H groups in total. The summed E-state index contributed by atoms with van der Waals surface area (Å²) in [5.41, 5.74) is -1.83. The van der Waals surface area contributed by atoms with Crippen molar-refractivity contribution in [2.24, 2.45) is 0 Å². The van der Waals surface area contributed by atoms with E-state index < -0.39 is 23.6 Å². The van der Waals surface area contributed by atoms with Gasteiger partial charge in [0, 0.05) is 29.2 Å². The predicted molar refractivity (Wildman–Crippen MR) is 87.7 cm³/mol. The average Bonchev–Trinajstić information content (AvgIpc) is 2.92. The van der Waals surface area contributed by atoms with Gasteiger partial charge in [-0.15, -0.1) is 0 Å². The van der Waals surface area contributed by atoms with E-state index in [4.69, 9.17) is 16.3 Å². The standard InChI is InChI=1S/C17H15ClF4N2O2/c1-9-13(11-3-2-10(18)8-12(11)19)14(23-15(9)17(20,21)22)16(25)24-4-6-26-7-5-24/h2-3,8,23H,4-7H2,1H3. The Labute approximate surface area is 151 Å². The van der Waals surface area contributed by atoms with Crippen LogP contribution >= 0.6 is 11.6 Å². The van der Waals surface area contributed by atoms with Crippen LogP contribution in [-0.2, 0) is 10.9 Å². The maximum absolute atomic E-state index is 14.4. The summed E-state index contributed by atoms with van der Waals surface area (Å²) in [4.78, 5) is 16.3. The van der Waals surface area contributed by atoms with Crippen LogP contribution in [0.5, 0.6) is 0 Å². The topological polar surface area (TPSA) is 45.3 Å². The minimum Gasteiger partial charge on any atom is -0.378 e. The average molecular weight is 391 g/mol. The molecule has 1 amide bonds. The summed E-state index contributed by atoms with van der Waals surface area (Å²) in [6.45, 7) is 2.30. The van der Waals surface area contributed by atoms with Crippen molar-refractivity contribution < 1.29 is 27.1 Å². The highest BCUT2D eigenvalue weighted by atomic mass is 35.5. The molecule has 0 unspecified atom stereocenters. The summed E-state index contributed by atoms with van der Waals surface area (Å²) in [5, 5.41) is 0.108. The molecule has 1 fully saturated rings. The minimum atomic E-state index is -4.70. The van der Waals surface area contributed by atoms with E-state index in [9.17, 15) is 22.4 Å². The number of nitrogens with one attached hydrogen (secondary N) is 1. The van der Waals surface area contributed by atoms with E-state index in [-0.39, 0.29) is 40.5 Å². The zero-order valence-electron chi connectivity index (χ0n) is 13.7. The molecule has 1 saturated heterocycles. The summed E-state index contributed by atoms with van der Waals surface area (Å²) in [6, 6.07) is 3.63. The Morgan fingerprint density at radius 1 is 1.27 bits per heavy atom. The zero-order chi connectivity index (χ0) is 19.1. The number of aromatic nitrogens is 1. The van der Waals surface area contributed by atoms with Crippen molar-refractivity contribution in [3.63, 3.8) is 0 Å². The van der Waals surface area contributed by atoms with E-state index in [2.05, 4.69) is 4.98 Å². The quantitative estimate of drug-likeness (QED) is 0.778. The molecule has 0 radical (unpaired) electrons. The van der Waals surface area contributed by atoms with Gasteiger partial charge in [-0.2, -0.15) is 13.2 Å². The Bertz CT molecular complexity index is 842. The molecule has 1 aliphatic rings. The fourth-order valence-electron chi connectivity index (χ4n) is 2.99. The lowest BCUT2D eigenvalue weighted by Crippen LogP contribution is -2.41. The van der Waals surface area contributed by atoms with Crippen LogP contribution in [0.1, 0.15) is 21.7 Å².